The molecule has 1 fully saturated rings. The van der Waals surface area contributed by atoms with Crippen LogP contribution in [0.1, 0.15) is 24.0 Å². The lowest BCUT2D eigenvalue weighted by molar-refractivity contribution is -0.176. The summed E-state index contributed by atoms with van der Waals surface area (Å²) >= 11 is 0. The van der Waals surface area contributed by atoms with Gasteiger partial charge in [0.25, 0.3) is 0 Å². The Hall–Kier alpha value is -1.11. The van der Waals surface area contributed by atoms with Crippen molar-refractivity contribution in [2.24, 2.45) is 10.9 Å². The van der Waals surface area contributed by atoms with E-state index in [4.69, 9.17) is 9.47 Å². The highest BCUT2D eigenvalue weighted by Gasteiger charge is 2.27. The predicted molar refractivity (Wildman–Crippen MR) is 120 cm³/mol. The number of aliphatic imine (C=N–C) groups is 1. The summed E-state index contributed by atoms with van der Waals surface area (Å²) in [6.07, 6.45) is -2.35. The van der Waals surface area contributed by atoms with Gasteiger partial charge in [-0.3, -0.25) is 4.99 Å². The number of alkyl halides is 3. The second-order valence-corrected chi connectivity index (χ2v) is 6.94. The zero-order valence-electron chi connectivity index (χ0n) is 17.2. The lowest BCUT2D eigenvalue weighted by Crippen LogP contribution is -2.37. The molecule has 0 spiro atoms. The number of nitrogens with one attached hydrogen (secondary N) is 2. The molecule has 0 aliphatic carbocycles. The molecule has 0 aromatic heterocycles. The standard InChI is InChI=1S/C20H30F3N3O3.HI/c1-24-19(25-8-2-9-27-13-18-7-10-28-14-18)26-11-16-3-5-17(6-4-16)12-29-15-20(21,22)23;/h3-6,18H,2,7-15H2,1H3,(H2,24,25,26);1H. The van der Waals surface area contributed by atoms with Crippen molar-refractivity contribution in [3.63, 3.8) is 0 Å². The first-order valence-electron chi connectivity index (χ1n) is 9.78. The van der Waals surface area contributed by atoms with Gasteiger partial charge < -0.3 is 24.8 Å². The Balaban J connectivity index is 0.00000450. The van der Waals surface area contributed by atoms with E-state index in [2.05, 4.69) is 20.4 Å². The van der Waals surface area contributed by atoms with Crippen LogP contribution in [0.3, 0.4) is 0 Å². The molecule has 1 saturated heterocycles. The van der Waals surface area contributed by atoms with Crippen molar-refractivity contribution >= 4 is 29.9 Å². The van der Waals surface area contributed by atoms with Crippen molar-refractivity contribution in [2.45, 2.75) is 32.2 Å². The first-order chi connectivity index (χ1) is 14.0. The normalized spacial score (nSPS) is 16.9. The Morgan fingerprint density at radius 2 is 1.90 bits per heavy atom. The number of benzene rings is 1. The van der Waals surface area contributed by atoms with Crippen LogP contribution >= 0.6 is 24.0 Å². The molecule has 0 bridgehead atoms. The fourth-order valence-electron chi connectivity index (χ4n) is 2.79. The minimum Gasteiger partial charge on any atom is -0.381 e. The van der Waals surface area contributed by atoms with Crippen LogP contribution in [0.15, 0.2) is 29.3 Å². The van der Waals surface area contributed by atoms with Crippen LogP contribution in [-0.2, 0) is 27.4 Å². The van der Waals surface area contributed by atoms with Gasteiger partial charge in [-0.25, -0.2) is 0 Å². The molecule has 10 heteroatoms. The van der Waals surface area contributed by atoms with Gasteiger partial charge in [-0.1, -0.05) is 24.3 Å². The Kier molecular flexibility index (Phi) is 13.3. The lowest BCUT2D eigenvalue weighted by Gasteiger charge is -2.13. The van der Waals surface area contributed by atoms with E-state index >= 15 is 0 Å². The van der Waals surface area contributed by atoms with E-state index in [9.17, 15) is 13.2 Å². The summed E-state index contributed by atoms with van der Waals surface area (Å²) in [6, 6.07) is 7.23. The maximum atomic E-state index is 12.1. The molecule has 30 heavy (non-hydrogen) atoms. The molecule has 2 N–H and O–H groups in total. The van der Waals surface area contributed by atoms with Gasteiger partial charge in [0, 0.05) is 39.3 Å². The molecule has 0 saturated carbocycles. The summed E-state index contributed by atoms with van der Waals surface area (Å²) in [6.45, 7) is 3.09. The van der Waals surface area contributed by atoms with Crippen LogP contribution in [0.4, 0.5) is 13.2 Å². The topological polar surface area (TPSA) is 64.1 Å². The Bertz CT molecular complexity index is 610. The van der Waals surface area contributed by atoms with Crippen molar-refractivity contribution < 1.29 is 27.4 Å². The summed E-state index contributed by atoms with van der Waals surface area (Å²) < 4.78 is 51.9. The number of nitrogens with zero attached hydrogens (tertiary/aromatic N) is 1. The first kappa shape index (κ1) is 26.9. The van der Waals surface area contributed by atoms with Crippen molar-refractivity contribution in [2.75, 3.05) is 46.6 Å². The Morgan fingerprint density at radius 1 is 1.17 bits per heavy atom. The first-order valence-corrected chi connectivity index (χ1v) is 9.78. The van der Waals surface area contributed by atoms with Crippen LogP contribution in [0.5, 0.6) is 0 Å². The SMILES string of the molecule is CN=C(NCCCOCC1CCOC1)NCc1ccc(COCC(F)(F)F)cc1.I. The smallest absolute Gasteiger partial charge is 0.381 e. The summed E-state index contributed by atoms with van der Waals surface area (Å²) in [7, 11) is 1.70. The predicted octanol–water partition coefficient (Wildman–Crippen LogP) is 3.49. The van der Waals surface area contributed by atoms with Gasteiger partial charge in [0.2, 0.25) is 0 Å². The Labute approximate surface area is 193 Å². The fourth-order valence-corrected chi connectivity index (χ4v) is 2.79. The number of rotatable bonds is 11. The Morgan fingerprint density at radius 3 is 2.53 bits per heavy atom. The molecule has 2 rings (SSSR count). The van der Waals surface area contributed by atoms with Gasteiger partial charge in [-0.05, 0) is 24.0 Å². The van der Waals surface area contributed by atoms with Crippen LogP contribution < -0.4 is 10.6 Å². The maximum Gasteiger partial charge on any atom is 0.411 e. The van der Waals surface area contributed by atoms with Crippen molar-refractivity contribution in [1.29, 1.82) is 0 Å². The van der Waals surface area contributed by atoms with Crippen LogP contribution in [-0.4, -0.2) is 58.8 Å². The molecule has 1 aliphatic heterocycles. The van der Waals surface area contributed by atoms with Crippen molar-refractivity contribution in [3.05, 3.63) is 35.4 Å². The average molecular weight is 545 g/mol. The molecule has 0 amide bonds. The molecule has 1 heterocycles. The van der Waals surface area contributed by atoms with Gasteiger partial charge in [-0.15, -0.1) is 24.0 Å². The van der Waals surface area contributed by atoms with Gasteiger partial charge in [0.1, 0.15) is 6.61 Å². The fraction of sp³-hybridized carbons (Fsp3) is 0.650. The van der Waals surface area contributed by atoms with E-state index in [1.165, 1.54) is 0 Å². The number of hydrogen-bond acceptors (Lipinski definition) is 4. The van der Waals surface area contributed by atoms with Gasteiger partial charge >= 0.3 is 6.18 Å². The van der Waals surface area contributed by atoms with Crippen molar-refractivity contribution in [3.8, 4) is 0 Å². The monoisotopic (exact) mass is 545 g/mol. The van der Waals surface area contributed by atoms with Crippen LogP contribution in [0, 0.1) is 5.92 Å². The van der Waals surface area contributed by atoms with E-state index in [0.717, 1.165) is 44.8 Å². The highest BCUT2D eigenvalue weighted by Crippen LogP contribution is 2.16. The summed E-state index contributed by atoms with van der Waals surface area (Å²) in [5.74, 6) is 1.21. The summed E-state index contributed by atoms with van der Waals surface area (Å²) in [5, 5.41) is 6.43. The molecular formula is C20H31F3IN3O3. The van der Waals surface area contributed by atoms with E-state index < -0.39 is 12.8 Å². The second kappa shape index (κ2) is 14.8. The number of hydrogen-bond donors (Lipinski definition) is 2. The molecule has 6 nitrogen and oxygen atoms in total. The molecule has 172 valence electrons. The van der Waals surface area contributed by atoms with Gasteiger partial charge in [0.05, 0.1) is 19.8 Å². The van der Waals surface area contributed by atoms with E-state index in [1.54, 1.807) is 19.2 Å². The van der Waals surface area contributed by atoms with E-state index in [1.807, 2.05) is 12.1 Å². The highest BCUT2D eigenvalue weighted by atomic mass is 127. The van der Waals surface area contributed by atoms with E-state index in [0.29, 0.717) is 30.6 Å². The lowest BCUT2D eigenvalue weighted by atomic mass is 10.1. The van der Waals surface area contributed by atoms with E-state index in [-0.39, 0.29) is 30.6 Å². The number of ether oxygens (including phenoxy) is 3. The average Bonchev–Trinajstić information content (AvgIpc) is 3.20. The highest BCUT2D eigenvalue weighted by molar-refractivity contribution is 14.0. The van der Waals surface area contributed by atoms with Gasteiger partial charge in [-0.2, -0.15) is 13.2 Å². The van der Waals surface area contributed by atoms with Crippen LogP contribution in [0.25, 0.3) is 0 Å². The molecule has 1 unspecified atom stereocenters. The molecule has 1 atom stereocenters. The minimum absolute atomic E-state index is 0. The molecule has 1 aromatic rings. The molecule has 1 aliphatic rings. The summed E-state index contributed by atoms with van der Waals surface area (Å²) in [5.41, 5.74) is 1.69. The minimum atomic E-state index is -4.30. The second-order valence-electron chi connectivity index (χ2n) is 6.94. The third-order valence-electron chi connectivity index (χ3n) is 4.38. The third-order valence-corrected chi connectivity index (χ3v) is 4.38. The summed E-state index contributed by atoms with van der Waals surface area (Å²) in [4.78, 5) is 4.18. The maximum absolute atomic E-state index is 12.1. The molecule has 1 aromatic carbocycles. The number of guanidine groups is 1. The third kappa shape index (κ3) is 11.9. The molecular weight excluding hydrogens is 514 g/mol. The zero-order chi connectivity index (χ0) is 21.0. The largest absolute Gasteiger partial charge is 0.411 e. The van der Waals surface area contributed by atoms with Crippen molar-refractivity contribution in [1.82, 2.24) is 10.6 Å². The number of halogens is 4. The quantitative estimate of drug-likeness (QED) is 0.193. The zero-order valence-corrected chi connectivity index (χ0v) is 19.5. The van der Waals surface area contributed by atoms with Gasteiger partial charge in [0.15, 0.2) is 5.96 Å². The van der Waals surface area contributed by atoms with Crippen LogP contribution in [0.2, 0.25) is 0 Å². The molecule has 0 radical (unpaired) electrons.